The van der Waals surface area contributed by atoms with Gasteiger partial charge in [0.25, 0.3) is 0 Å². The number of benzene rings is 2. The maximum atomic E-state index is 12.0. The molecule has 0 aliphatic carbocycles. The molecule has 6 heteroatoms. The SMILES string of the molecule is COC(=O)c1cc(I)ccc1NC(=O)NCc1ccccc1. The summed E-state index contributed by atoms with van der Waals surface area (Å²) in [5.41, 5.74) is 1.73. The summed E-state index contributed by atoms with van der Waals surface area (Å²) in [5, 5.41) is 5.41. The Morgan fingerprint density at radius 2 is 1.86 bits per heavy atom. The largest absolute Gasteiger partial charge is 0.465 e. The van der Waals surface area contributed by atoms with Gasteiger partial charge < -0.3 is 15.4 Å². The lowest BCUT2D eigenvalue weighted by molar-refractivity contribution is 0.0602. The van der Waals surface area contributed by atoms with Gasteiger partial charge in [0.15, 0.2) is 0 Å². The number of carbonyl (C=O) groups excluding carboxylic acids is 2. The molecular formula is C16H15IN2O3. The third-order valence-corrected chi connectivity index (χ3v) is 3.60. The molecule has 0 radical (unpaired) electrons. The molecule has 0 heterocycles. The van der Waals surface area contributed by atoms with E-state index < -0.39 is 5.97 Å². The van der Waals surface area contributed by atoms with E-state index in [2.05, 4.69) is 33.2 Å². The molecule has 2 N–H and O–H groups in total. The van der Waals surface area contributed by atoms with Gasteiger partial charge in [0.1, 0.15) is 0 Å². The molecule has 0 saturated carbocycles. The number of amides is 2. The quantitative estimate of drug-likeness (QED) is 0.600. The Morgan fingerprint density at radius 3 is 2.55 bits per heavy atom. The predicted molar refractivity (Wildman–Crippen MR) is 92.8 cm³/mol. The molecule has 0 unspecified atom stereocenters. The first-order valence-corrected chi connectivity index (χ1v) is 7.64. The summed E-state index contributed by atoms with van der Waals surface area (Å²) in [5.74, 6) is -0.489. The van der Waals surface area contributed by atoms with Gasteiger partial charge in [0, 0.05) is 10.1 Å². The molecule has 0 fully saturated rings. The van der Waals surface area contributed by atoms with Gasteiger partial charge in [-0.15, -0.1) is 0 Å². The Labute approximate surface area is 142 Å². The number of anilines is 1. The molecule has 0 atom stereocenters. The fourth-order valence-electron chi connectivity index (χ4n) is 1.85. The van der Waals surface area contributed by atoms with Crippen LogP contribution in [-0.2, 0) is 11.3 Å². The summed E-state index contributed by atoms with van der Waals surface area (Å²) in [7, 11) is 1.31. The van der Waals surface area contributed by atoms with Crippen LogP contribution in [0.3, 0.4) is 0 Å². The number of rotatable bonds is 4. The van der Waals surface area contributed by atoms with E-state index in [1.807, 2.05) is 30.3 Å². The van der Waals surface area contributed by atoms with Gasteiger partial charge in [-0.1, -0.05) is 30.3 Å². The minimum absolute atomic E-state index is 0.323. The molecule has 114 valence electrons. The van der Waals surface area contributed by atoms with E-state index in [1.54, 1.807) is 18.2 Å². The molecule has 0 aliphatic rings. The fourth-order valence-corrected chi connectivity index (χ4v) is 2.34. The van der Waals surface area contributed by atoms with Crippen LogP contribution < -0.4 is 10.6 Å². The molecule has 2 amide bonds. The zero-order valence-corrected chi connectivity index (χ0v) is 14.1. The van der Waals surface area contributed by atoms with E-state index in [-0.39, 0.29) is 6.03 Å². The van der Waals surface area contributed by atoms with Crippen molar-refractivity contribution in [3.05, 3.63) is 63.2 Å². The van der Waals surface area contributed by atoms with Crippen molar-refractivity contribution in [1.82, 2.24) is 5.32 Å². The van der Waals surface area contributed by atoms with Crippen molar-refractivity contribution < 1.29 is 14.3 Å². The lowest BCUT2D eigenvalue weighted by atomic mass is 10.2. The molecule has 5 nitrogen and oxygen atoms in total. The number of urea groups is 1. The van der Waals surface area contributed by atoms with Crippen LogP contribution in [0.15, 0.2) is 48.5 Å². The zero-order valence-electron chi connectivity index (χ0n) is 11.9. The van der Waals surface area contributed by atoms with Crippen LogP contribution in [0.5, 0.6) is 0 Å². The van der Waals surface area contributed by atoms with Crippen LogP contribution in [0, 0.1) is 3.57 Å². The van der Waals surface area contributed by atoms with E-state index in [4.69, 9.17) is 4.74 Å². The molecule has 22 heavy (non-hydrogen) atoms. The smallest absolute Gasteiger partial charge is 0.340 e. The van der Waals surface area contributed by atoms with Crippen LogP contribution in [-0.4, -0.2) is 19.1 Å². The fraction of sp³-hybridized carbons (Fsp3) is 0.125. The predicted octanol–water partition coefficient (Wildman–Crippen LogP) is 3.40. The second-order valence-electron chi connectivity index (χ2n) is 4.47. The van der Waals surface area contributed by atoms with Crippen molar-refractivity contribution in [2.24, 2.45) is 0 Å². The van der Waals surface area contributed by atoms with Crippen LogP contribution >= 0.6 is 22.6 Å². The molecule has 0 aliphatic heterocycles. The van der Waals surface area contributed by atoms with Crippen LogP contribution in [0.25, 0.3) is 0 Å². The van der Waals surface area contributed by atoms with Gasteiger partial charge >= 0.3 is 12.0 Å². The molecule has 0 aromatic heterocycles. The molecule has 0 bridgehead atoms. The maximum Gasteiger partial charge on any atom is 0.340 e. The summed E-state index contributed by atoms with van der Waals surface area (Å²) < 4.78 is 5.61. The molecule has 2 rings (SSSR count). The first kappa shape index (κ1) is 16.3. The van der Waals surface area contributed by atoms with Gasteiger partial charge in [-0.05, 0) is 46.4 Å². The van der Waals surface area contributed by atoms with Gasteiger partial charge in [-0.25, -0.2) is 9.59 Å². The molecule has 0 saturated heterocycles. The van der Waals surface area contributed by atoms with Crippen molar-refractivity contribution in [3.8, 4) is 0 Å². The Kier molecular flexibility index (Phi) is 5.76. The summed E-state index contributed by atoms with van der Waals surface area (Å²) >= 11 is 2.09. The first-order valence-electron chi connectivity index (χ1n) is 6.57. The summed E-state index contributed by atoms with van der Waals surface area (Å²) in [6.45, 7) is 0.407. The van der Waals surface area contributed by atoms with E-state index >= 15 is 0 Å². The maximum absolute atomic E-state index is 12.0. The number of esters is 1. The highest BCUT2D eigenvalue weighted by Gasteiger charge is 2.14. The molecule has 2 aromatic carbocycles. The second-order valence-corrected chi connectivity index (χ2v) is 5.72. The number of ether oxygens (including phenoxy) is 1. The Hall–Kier alpha value is -2.09. The highest BCUT2D eigenvalue weighted by Crippen LogP contribution is 2.19. The third-order valence-electron chi connectivity index (χ3n) is 2.93. The van der Waals surface area contributed by atoms with Gasteiger partial charge in [0.2, 0.25) is 0 Å². The Bertz CT molecular complexity index is 674. The topological polar surface area (TPSA) is 67.4 Å². The van der Waals surface area contributed by atoms with Crippen molar-refractivity contribution in [2.45, 2.75) is 6.54 Å². The number of methoxy groups -OCH3 is 1. The first-order chi connectivity index (χ1) is 10.6. The molecule has 0 spiro atoms. The number of hydrogen-bond donors (Lipinski definition) is 2. The van der Waals surface area contributed by atoms with Crippen molar-refractivity contribution >= 4 is 40.3 Å². The van der Waals surface area contributed by atoms with Gasteiger partial charge in [-0.3, -0.25) is 0 Å². The van der Waals surface area contributed by atoms with E-state index in [0.29, 0.717) is 17.8 Å². The van der Waals surface area contributed by atoms with Crippen LogP contribution in [0.2, 0.25) is 0 Å². The minimum atomic E-state index is -0.489. The van der Waals surface area contributed by atoms with Crippen molar-refractivity contribution in [1.29, 1.82) is 0 Å². The number of carbonyl (C=O) groups is 2. The van der Waals surface area contributed by atoms with Crippen molar-refractivity contribution in [2.75, 3.05) is 12.4 Å². The monoisotopic (exact) mass is 410 g/mol. The lowest BCUT2D eigenvalue weighted by Gasteiger charge is -2.11. The average Bonchev–Trinajstić information content (AvgIpc) is 2.55. The van der Waals surface area contributed by atoms with E-state index in [0.717, 1.165) is 9.13 Å². The highest BCUT2D eigenvalue weighted by molar-refractivity contribution is 14.1. The zero-order chi connectivity index (χ0) is 15.9. The van der Waals surface area contributed by atoms with Gasteiger partial charge in [0.05, 0.1) is 18.4 Å². The Morgan fingerprint density at radius 1 is 1.14 bits per heavy atom. The summed E-state index contributed by atoms with van der Waals surface area (Å²) in [4.78, 5) is 23.7. The minimum Gasteiger partial charge on any atom is -0.465 e. The summed E-state index contributed by atoms with van der Waals surface area (Å²) in [6, 6.07) is 14.3. The average molecular weight is 410 g/mol. The summed E-state index contributed by atoms with van der Waals surface area (Å²) in [6.07, 6.45) is 0. The number of halogens is 1. The number of nitrogens with one attached hydrogen (secondary N) is 2. The second kappa shape index (κ2) is 7.79. The highest BCUT2D eigenvalue weighted by atomic mass is 127. The van der Waals surface area contributed by atoms with E-state index in [9.17, 15) is 9.59 Å². The normalized spacial score (nSPS) is 9.91. The van der Waals surface area contributed by atoms with Crippen LogP contribution in [0.4, 0.5) is 10.5 Å². The molecule has 2 aromatic rings. The van der Waals surface area contributed by atoms with Crippen molar-refractivity contribution in [3.63, 3.8) is 0 Å². The van der Waals surface area contributed by atoms with Crippen LogP contribution in [0.1, 0.15) is 15.9 Å². The van der Waals surface area contributed by atoms with E-state index in [1.165, 1.54) is 7.11 Å². The molecular weight excluding hydrogens is 395 g/mol. The Balaban J connectivity index is 2.03. The lowest BCUT2D eigenvalue weighted by Crippen LogP contribution is -2.29. The van der Waals surface area contributed by atoms with Gasteiger partial charge in [-0.2, -0.15) is 0 Å². The number of hydrogen-bond acceptors (Lipinski definition) is 3. The third kappa shape index (κ3) is 4.45. The standard InChI is InChI=1S/C16H15IN2O3/c1-22-15(20)13-9-12(17)7-8-14(13)19-16(21)18-10-11-5-3-2-4-6-11/h2-9H,10H2,1H3,(H2,18,19,21).